The van der Waals surface area contributed by atoms with Crippen molar-refractivity contribution >= 4 is 23.1 Å². The Morgan fingerprint density at radius 3 is 1.95 bits per heavy atom. The van der Waals surface area contributed by atoms with Crippen LogP contribution in [0.5, 0.6) is 0 Å². The predicted octanol–water partition coefficient (Wildman–Crippen LogP) is 4.58. The molecule has 0 aliphatic carbocycles. The third kappa shape index (κ3) is 4.81. The van der Waals surface area contributed by atoms with Gasteiger partial charge in [0.1, 0.15) is 0 Å². The van der Waals surface area contributed by atoms with Crippen LogP contribution in [-0.2, 0) is 0 Å². The van der Waals surface area contributed by atoms with Crippen LogP contribution >= 0.6 is 0 Å². The zero-order valence-corrected chi connectivity index (χ0v) is 13.5. The molecule has 3 N–H and O–H groups in total. The molecule has 0 fully saturated rings. The number of carbonyl (C=O) groups excluding carboxylic acids is 1. The van der Waals surface area contributed by atoms with Gasteiger partial charge in [-0.25, -0.2) is 4.79 Å². The van der Waals surface area contributed by atoms with Gasteiger partial charge in [0, 0.05) is 23.1 Å². The first-order chi connectivity index (χ1) is 10.4. The van der Waals surface area contributed by atoms with E-state index in [1.807, 2.05) is 38.1 Å². The first-order valence-electron chi connectivity index (χ1n) is 7.45. The Labute approximate surface area is 131 Å². The van der Waals surface area contributed by atoms with E-state index in [9.17, 15) is 4.79 Å². The number of nitrogens with one attached hydrogen (secondary N) is 3. The fourth-order valence-corrected chi connectivity index (χ4v) is 2.28. The molecule has 0 spiro atoms. The molecule has 22 heavy (non-hydrogen) atoms. The highest BCUT2D eigenvalue weighted by atomic mass is 16.2. The van der Waals surface area contributed by atoms with E-state index in [-0.39, 0.29) is 12.1 Å². The summed E-state index contributed by atoms with van der Waals surface area (Å²) in [7, 11) is 0. The summed E-state index contributed by atoms with van der Waals surface area (Å²) in [5.74, 6) is 0. The molecular weight excluding hydrogens is 274 g/mol. The number of amides is 2. The number of hydrogen-bond donors (Lipinski definition) is 3. The molecule has 0 saturated carbocycles. The summed E-state index contributed by atoms with van der Waals surface area (Å²) < 4.78 is 0. The van der Waals surface area contributed by atoms with Gasteiger partial charge in [0.25, 0.3) is 0 Å². The number of carbonyl (C=O) groups is 1. The third-order valence-electron chi connectivity index (χ3n) is 3.07. The molecule has 0 aliphatic heterocycles. The molecule has 0 atom stereocenters. The Balaban J connectivity index is 2.01. The molecule has 2 amide bonds. The molecule has 0 bridgehead atoms. The van der Waals surface area contributed by atoms with Crippen molar-refractivity contribution in [1.82, 2.24) is 5.32 Å². The van der Waals surface area contributed by atoms with Crippen LogP contribution in [0.2, 0.25) is 0 Å². The Hall–Kier alpha value is -2.49. The van der Waals surface area contributed by atoms with E-state index < -0.39 is 0 Å². The average molecular weight is 297 g/mol. The average Bonchev–Trinajstić information content (AvgIpc) is 2.39. The van der Waals surface area contributed by atoms with E-state index in [1.54, 1.807) is 0 Å². The molecular formula is C18H23N3O. The minimum absolute atomic E-state index is 0.116. The monoisotopic (exact) mass is 297 g/mol. The Morgan fingerprint density at radius 2 is 1.41 bits per heavy atom. The van der Waals surface area contributed by atoms with Crippen molar-refractivity contribution in [2.45, 2.75) is 33.7 Å². The minimum atomic E-state index is -0.190. The molecule has 2 aromatic rings. The fourth-order valence-electron chi connectivity index (χ4n) is 2.28. The van der Waals surface area contributed by atoms with Gasteiger partial charge in [0.05, 0.1) is 0 Å². The molecule has 0 aliphatic rings. The number of aryl methyl sites for hydroxylation is 2. The van der Waals surface area contributed by atoms with Crippen molar-refractivity contribution in [3.8, 4) is 0 Å². The van der Waals surface area contributed by atoms with Gasteiger partial charge < -0.3 is 16.0 Å². The lowest BCUT2D eigenvalue weighted by Crippen LogP contribution is -2.34. The summed E-state index contributed by atoms with van der Waals surface area (Å²) in [5.41, 5.74) is 5.27. The largest absolute Gasteiger partial charge is 0.356 e. The fraction of sp³-hybridized carbons (Fsp3) is 0.278. The highest BCUT2D eigenvalue weighted by molar-refractivity contribution is 5.89. The van der Waals surface area contributed by atoms with Gasteiger partial charge in [-0.3, -0.25) is 0 Å². The highest BCUT2D eigenvalue weighted by Gasteiger charge is 2.03. The molecule has 116 valence electrons. The molecule has 0 saturated heterocycles. The zero-order chi connectivity index (χ0) is 16.1. The highest BCUT2D eigenvalue weighted by Crippen LogP contribution is 2.21. The maximum absolute atomic E-state index is 11.6. The van der Waals surface area contributed by atoms with Crippen LogP contribution in [0.4, 0.5) is 21.9 Å². The van der Waals surface area contributed by atoms with Gasteiger partial charge in [0.15, 0.2) is 0 Å². The Bertz CT molecular complexity index is 628. The van der Waals surface area contributed by atoms with E-state index >= 15 is 0 Å². The number of rotatable bonds is 4. The van der Waals surface area contributed by atoms with E-state index in [1.165, 1.54) is 11.1 Å². The molecule has 0 unspecified atom stereocenters. The van der Waals surface area contributed by atoms with Crippen LogP contribution in [0.3, 0.4) is 0 Å². The Kier molecular flexibility index (Phi) is 5.04. The van der Waals surface area contributed by atoms with Crippen molar-refractivity contribution in [3.63, 3.8) is 0 Å². The summed E-state index contributed by atoms with van der Waals surface area (Å²) in [6.45, 7) is 8.02. The van der Waals surface area contributed by atoms with Crippen molar-refractivity contribution in [3.05, 3.63) is 53.6 Å². The summed E-state index contributed by atoms with van der Waals surface area (Å²) in [5, 5.41) is 8.97. The van der Waals surface area contributed by atoms with Crippen LogP contribution in [0, 0.1) is 13.8 Å². The zero-order valence-electron chi connectivity index (χ0n) is 13.5. The van der Waals surface area contributed by atoms with Crippen molar-refractivity contribution in [2.24, 2.45) is 0 Å². The van der Waals surface area contributed by atoms with Crippen molar-refractivity contribution in [1.29, 1.82) is 0 Å². The van der Waals surface area contributed by atoms with E-state index in [2.05, 4.69) is 48.0 Å². The molecule has 0 aromatic heterocycles. The van der Waals surface area contributed by atoms with Gasteiger partial charge in [0.2, 0.25) is 0 Å². The molecule has 4 nitrogen and oxygen atoms in total. The summed E-state index contributed by atoms with van der Waals surface area (Å²) in [6.07, 6.45) is 0. The topological polar surface area (TPSA) is 53.2 Å². The molecule has 0 heterocycles. The maximum Gasteiger partial charge on any atom is 0.319 e. The second kappa shape index (κ2) is 6.98. The summed E-state index contributed by atoms with van der Waals surface area (Å²) in [4.78, 5) is 11.6. The molecule has 2 aromatic carbocycles. The Morgan fingerprint density at radius 1 is 0.864 bits per heavy atom. The second-order valence-corrected chi connectivity index (χ2v) is 5.83. The first-order valence-corrected chi connectivity index (χ1v) is 7.45. The van der Waals surface area contributed by atoms with Crippen LogP contribution in [0.15, 0.2) is 42.5 Å². The van der Waals surface area contributed by atoms with Gasteiger partial charge in [-0.1, -0.05) is 6.07 Å². The van der Waals surface area contributed by atoms with Gasteiger partial charge in [-0.2, -0.15) is 0 Å². The SMILES string of the molecule is Cc1cc(C)cc(Nc2ccc(NC(=O)NC(C)C)cc2)c1. The van der Waals surface area contributed by atoms with E-state index in [4.69, 9.17) is 0 Å². The van der Waals surface area contributed by atoms with E-state index in [0.29, 0.717) is 0 Å². The minimum Gasteiger partial charge on any atom is -0.356 e. The number of hydrogen-bond acceptors (Lipinski definition) is 2. The lowest BCUT2D eigenvalue weighted by Gasteiger charge is -2.12. The van der Waals surface area contributed by atoms with Gasteiger partial charge in [-0.15, -0.1) is 0 Å². The molecule has 0 radical (unpaired) electrons. The number of urea groups is 1. The lowest BCUT2D eigenvalue weighted by atomic mass is 10.1. The summed E-state index contributed by atoms with van der Waals surface area (Å²) in [6, 6.07) is 13.9. The van der Waals surface area contributed by atoms with Crippen LogP contribution < -0.4 is 16.0 Å². The van der Waals surface area contributed by atoms with Gasteiger partial charge in [-0.05, 0) is 75.2 Å². The van der Waals surface area contributed by atoms with Crippen LogP contribution in [-0.4, -0.2) is 12.1 Å². The van der Waals surface area contributed by atoms with Crippen molar-refractivity contribution in [2.75, 3.05) is 10.6 Å². The van der Waals surface area contributed by atoms with Crippen LogP contribution in [0.25, 0.3) is 0 Å². The number of benzene rings is 2. The maximum atomic E-state index is 11.6. The van der Waals surface area contributed by atoms with E-state index in [0.717, 1.165) is 17.1 Å². The number of anilines is 3. The lowest BCUT2D eigenvalue weighted by molar-refractivity contribution is 0.250. The smallest absolute Gasteiger partial charge is 0.319 e. The first kappa shape index (κ1) is 15.9. The summed E-state index contributed by atoms with van der Waals surface area (Å²) >= 11 is 0. The molecule has 2 rings (SSSR count). The second-order valence-electron chi connectivity index (χ2n) is 5.83. The van der Waals surface area contributed by atoms with Gasteiger partial charge >= 0.3 is 6.03 Å². The third-order valence-corrected chi connectivity index (χ3v) is 3.07. The standard InChI is InChI=1S/C18H23N3O/c1-12(2)19-18(22)21-16-7-5-15(6-8-16)20-17-10-13(3)9-14(4)11-17/h5-12,20H,1-4H3,(H2,19,21,22). The molecule has 4 heteroatoms. The normalized spacial score (nSPS) is 10.4. The predicted molar refractivity (Wildman–Crippen MR) is 92.9 cm³/mol. The van der Waals surface area contributed by atoms with Crippen LogP contribution in [0.1, 0.15) is 25.0 Å². The quantitative estimate of drug-likeness (QED) is 0.774. The van der Waals surface area contributed by atoms with Crippen molar-refractivity contribution < 1.29 is 4.79 Å².